The van der Waals surface area contributed by atoms with Crippen LogP contribution in [-0.4, -0.2) is 17.4 Å². The van der Waals surface area contributed by atoms with E-state index in [9.17, 15) is 8.42 Å². The second-order valence-electron chi connectivity index (χ2n) is 4.82. The number of fused-ring (bicyclic) bond motifs is 1. The largest absolute Gasteiger partial charge is 0.300 e. The van der Waals surface area contributed by atoms with Crippen molar-refractivity contribution in [2.75, 3.05) is 0 Å². The number of hydrogen-bond donors (Lipinski definition) is 1. The number of hydrogen-bond acceptors (Lipinski definition) is 4. The summed E-state index contributed by atoms with van der Waals surface area (Å²) in [7, 11) is -4.19. The molecule has 0 aliphatic carbocycles. The van der Waals surface area contributed by atoms with Gasteiger partial charge in [0.1, 0.15) is 0 Å². The van der Waals surface area contributed by atoms with Gasteiger partial charge in [-0.15, -0.1) is 10.2 Å². The van der Waals surface area contributed by atoms with E-state index in [1.807, 2.05) is 41.8 Å². The highest BCUT2D eigenvalue weighted by Crippen LogP contribution is 2.26. The summed E-state index contributed by atoms with van der Waals surface area (Å²) in [6, 6.07) is 13.4. The molecule has 1 aromatic carbocycles. The first-order valence-corrected chi connectivity index (χ1v) is 7.95. The Balaban J connectivity index is 1.95. The van der Waals surface area contributed by atoms with Crippen molar-refractivity contribution in [2.45, 2.75) is 11.8 Å². The summed E-state index contributed by atoms with van der Waals surface area (Å²) < 4.78 is 32.8. The molecule has 0 fully saturated rings. The number of azo groups is 1. The normalized spacial score (nSPS) is 12.3. The minimum Gasteiger partial charge on any atom is -0.300 e. The molecule has 0 amide bonds. The summed E-state index contributed by atoms with van der Waals surface area (Å²) in [6.45, 7) is 1.95. The molecule has 0 saturated heterocycles. The van der Waals surface area contributed by atoms with E-state index in [1.165, 1.54) is 24.3 Å². The van der Waals surface area contributed by atoms with E-state index in [0.717, 1.165) is 16.9 Å². The topological polar surface area (TPSA) is 83.5 Å². The third kappa shape index (κ3) is 2.76. The van der Waals surface area contributed by atoms with Crippen molar-refractivity contribution < 1.29 is 13.0 Å². The van der Waals surface area contributed by atoms with E-state index in [2.05, 4.69) is 10.2 Å². The molecule has 0 saturated carbocycles. The fourth-order valence-electron chi connectivity index (χ4n) is 2.16. The van der Waals surface area contributed by atoms with E-state index in [4.69, 9.17) is 4.55 Å². The van der Waals surface area contributed by atoms with E-state index in [1.54, 1.807) is 0 Å². The summed E-state index contributed by atoms with van der Waals surface area (Å²) in [6.07, 6.45) is 1.90. The molecule has 0 aliphatic heterocycles. The lowest BCUT2D eigenvalue weighted by molar-refractivity contribution is 0.483. The summed E-state index contributed by atoms with van der Waals surface area (Å²) in [4.78, 5) is -0.171. The first-order valence-electron chi connectivity index (χ1n) is 6.51. The molecule has 0 unspecified atom stereocenters. The number of aromatic nitrogens is 1. The molecule has 1 N–H and O–H groups in total. The molecule has 7 heteroatoms. The third-order valence-corrected chi connectivity index (χ3v) is 4.10. The van der Waals surface area contributed by atoms with Crippen LogP contribution in [0.5, 0.6) is 0 Å². The van der Waals surface area contributed by atoms with Crippen LogP contribution in [0.4, 0.5) is 11.5 Å². The molecule has 0 spiro atoms. The highest BCUT2D eigenvalue weighted by atomic mass is 32.2. The highest BCUT2D eigenvalue weighted by molar-refractivity contribution is 7.85. The fraction of sp³-hybridized carbons (Fsp3) is 0.0667. The summed E-state index contributed by atoms with van der Waals surface area (Å²) in [5.74, 6) is 0.717. The fourth-order valence-corrected chi connectivity index (χ4v) is 2.64. The zero-order chi connectivity index (χ0) is 15.7. The van der Waals surface area contributed by atoms with Crippen LogP contribution in [0.2, 0.25) is 0 Å². The molecule has 2 heterocycles. The minimum atomic E-state index is -4.19. The van der Waals surface area contributed by atoms with E-state index in [-0.39, 0.29) is 4.90 Å². The first-order chi connectivity index (χ1) is 10.4. The Morgan fingerprint density at radius 3 is 2.45 bits per heavy atom. The Bertz CT molecular complexity index is 957. The molecule has 2 aromatic heterocycles. The lowest BCUT2D eigenvalue weighted by atomic mass is 10.3. The van der Waals surface area contributed by atoms with Crippen molar-refractivity contribution in [3.8, 4) is 0 Å². The molecular formula is C15H13N3O3S. The number of benzene rings is 1. The summed E-state index contributed by atoms with van der Waals surface area (Å²) >= 11 is 0. The average Bonchev–Trinajstić information content (AvgIpc) is 2.80. The monoisotopic (exact) mass is 315 g/mol. The third-order valence-electron chi connectivity index (χ3n) is 3.23. The Kier molecular flexibility index (Phi) is 3.51. The molecular weight excluding hydrogens is 302 g/mol. The summed E-state index contributed by atoms with van der Waals surface area (Å²) in [5, 5.41) is 8.34. The van der Waals surface area contributed by atoms with Crippen LogP contribution in [0.15, 0.2) is 69.9 Å². The van der Waals surface area contributed by atoms with Gasteiger partial charge in [0, 0.05) is 11.7 Å². The SMILES string of the molecule is Cc1cc2ccccn2c1N=Nc1ccc(S(=O)(=O)O)cc1. The number of nitrogens with zero attached hydrogens (tertiary/aromatic N) is 3. The van der Waals surface area contributed by atoms with Gasteiger partial charge in [-0.05, 0) is 55.0 Å². The Labute approximate surface area is 127 Å². The standard InChI is InChI=1S/C15H13N3O3S/c1-11-10-13-4-2-3-9-18(13)15(11)17-16-12-5-7-14(8-6-12)22(19,20)21/h2-10H,1H3,(H,19,20,21). The lowest BCUT2D eigenvalue weighted by Crippen LogP contribution is -1.96. The van der Waals surface area contributed by atoms with Crippen molar-refractivity contribution in [2.24, 2.45) is 10.2 Å². The van der Waals surface area contributed by atoms with E-state index in [0.29, 0.717) is 5.69 Å². The highest BCUT2D eigenvalue weighted by Gasteiger charge is 2.08. The van der Waals surface area contributed by atoms with Crippen molar-refractivity contribution in [3.05, 3.63) is 60.3 Å². The number of rotatable bonds is 3. The Morgan fingerprint density at radius 1 is 1.05 bits per heavy atom. The molecule has 0 bridgehead atoms. The lowest BCUT2D eigenvalue weighted by Gasteiger charge is -1.98. The number of aryl methyl sites for hydroxylation is 1. The number of pyridine rings is 1. The maximum atomic E-state index is 11.0. The van der Waals surface area contributed by atoms with Crippen molar-refractivity contribution in [1.29, 1.82) is 0 Å². The van der Waals surface area contributed by atoms with Gasteiger partial charge in [-0.25, -0.2) is 0 Å². The molecule has 22 heavy (non-hydrogen) atoms. The quantitative estimate of drug-likeness (QED) is 0.587. The molecule has 0 radical (unpaired) electrons. The van der Waals surface area contributed by atoms with Crippen LogP contribution in [0.25, 0.3) is 5.52 Å². The van der Waals surface area contributed by atoms with E-state index < -0.39 is 10.1 Å². The molecule has 0 atom stereocenters. The Morgan fingerprint density at radius 2 is 1.77 bits per heavy atom. The summed E-state index contributed by atoms with van der Waals surface area (Å²) in [5.41, 5.74) is 2.51. The zero-order valence-corrected chi connectivity index (χ0v) is 12.5. The van der Waals surface area contributed by atoms with Gasteiger partial charge in [-0.2, -0.15) is 8.42 Å². The zero-order valence-electron chi connectivity index (χ0n) is 11.7. The molecule has 3 aromatic rings. The van der Waals surface area contributed by atoms with Gasteiger partial charge in [0.2, 0.25) is 0 Å². The maximum absolute atomic E-state index is 11.0. The van der Waals surface area contributed by atoms with Crippen molar-refractivity contribution in [3.63, 3.8) is 0 Å². The predicted molar refractivity (Wildman–Crippen MR) is 82.6 cm³/mol. The smallest absolute Gasteiger partial charge is 0.294 e. The Hall–Kier alpha value is -2.51. The van der Waals surface area contributed by atoms with Gasteiger partial charge in [-0.1, -0.05) is 6.07 Å². The molecule has 0 aliphatic rings. The molecule has 112 valence electrons. The van der Waals surface area contributed by atoms with Gasteiger partial charge < -0.3 is 4.40 Å². The van der Waals surface area contributed by atoms with Gasteiger partial charge in [0.05, 0.1) is 10.6 Å². The maximum Gasteiger partial charge on any atom is 0.294 e. The van der Waals surface area contributed by atoms with E-state index >= 15 is 0 Å². The van der Waals surface area contributed by atoms with Gasteiger partial charge in [0.15, 0.2) is 5.82 Å². The van der Waals surface area contributed by atoms with Gasteiger partial charge in [0.25, 0.3) is 10.1 Å². The second kappa shape index (κ2) is 5.36. The van der Waals surface area contributed by atoms with Crippen LogP contribution < -0.4 is 0 Å². The second-order valence-corrected chi connectivity index (χ2v) is 6.24. The van der Waals surface area contributed by atoms with Crippen LogP contribution in [0.3, 0.4) is 0 Å². The first kappa shape index (κ1) is 14.4. The van der Waals surface area contributed by atoms with Crippen molar-refractivity contribution in [1.82, 2.24) is 4.40 Å². The van der Waals surface area contributed by atoms with Gasteiger partial charge >= 0.3 is 0 Å². The molecule has 3 rings (SSSR count). The van der Waals surface area contributed by atoms with Crippen molar-refractivity contribution >= 4 is 27.1 Å². The van der Waals surface area contributed by atoms with Crippen LogP contribution in [0.1, 0.15) is 5.56 Å². The average molecular weight is 315 g/mol. The van der Waals surface area contributed by atoms with Crippen LogP contribution in [0, 0.1) is 6.92 Å². The van der Waals surface area contributed by atoms with Crippen LogP contribution >= 0.6 is 0 Å². The van der Waals surface area contributed by atoms with Gasteiger partial charge in [-0.3, -0.25) is 4.55 Å². The minimum absolute atomic E-state index is 0.171. The predicted octanol–water partition coefficient (Wildman–Crippen LogP) is 3.91. The van der Waals surface area contributed by atoms with Crippen LogP contribution in [-0.2, 0) is 10.1 Å². The molecule has 6 nitrogen and oxygen atoms in total.